The standard InChI is InChI=1S/C16H24F2N2O2S/c1-2-3-9-20-10-5-4-6-13(20)12-19-23(21,22)14-7-8-15(17)16(18)11-14/h7-8,11,13,19H,2-6,9-10,12H2,1H3. The lowest BCUT2D eigenvalue weighted by atomic mass is 10.0. The Morgan fingerprint density at radius 3 is 2.74 bits per heavy atom. The Morgan fingerprint density at radius 1 is 1.26 bits per heavy atom. The minimum absolute atomic E-state index is 0.162. The van der Waals surface area contributed by atoms with Gasteiger partial charge < -0.3 is 0 Å². The van der Waals surface area contributed by atoms with E-state index in [9.17, 15) is 17.2 Å². The first kappa shape index (κ1) is 18.3. The molecule has 1 aliphatic heterocycles. The maximum absolute atomic E-state index is 13.2. The van der Waals surface area contributed by atoms with E-state index in [1.165, 1.54) is 0 Å². The second-order valence-corrected chi connectivity index (χ2v) is 7.73. The van der Waals surface area contributed by atoms with Gasteiger partial charge in [0, 0.05) is 12.6 Å². The highest BCUT2D eigenvalue weighted by Gasteiger charge is 2.24. The van der Waals surface area contributed by atoms with Crippen LogP contribution in [0.4, 0.5) is 8.78 Å². The highest BCUT2D eigenvalue weighted by Crippen LogP contribution is 2.18. The highest BCUT2D eigenvalue weighted by atomic mass is 32.2. The van der Waals surface area contributed by atoms with Crippen LogP contribution in [-0.4, -0.2) is 39.0 Å². The van der Waals surface area contributed by atoms with Crippen LogP contribution in [0.15, 0.2) is 23.1 Å². The number of hydrogen-bond acceptors (Lipinski definition) is 3. The molecule has 1 aromatic carbocycles. The van der Waals surface area contributed by atoms with Gasteiger partial charge in [-0.2, -0.15) is 0 Å². The molecule has 1 aromatic rings. The highest BCUT2D eigenvalue weighted by molar-refractivity contribution is 7.89. The second-order valence-electron chi connectivity index (χ2n) is 5.97. The monoisotopic (exact) mass is 346 g/mol. The van der Waals surface area contributed by atoms with Gasteiger partial charge in [-0.15, -0.1) is 0 Å². The summed E-state index contributed by atoms with van der Waals surface area (Å²) in [5.74, 6) is -2.21. The fourth-order valence-corrected chi connectivity index (χ4v) is 3.96. The number of sulfonamides is 1. The summed E-state index contributed by atoms with van der Waals surface area (Å²) in [6, 6.07) is 2.79. The quantitative estimate of drug-likeness (QED) is 0.826. The first-order valence-corrected chi connectivity index (χ1v) is 9.61. The fraction of sp³-hybridized carbons (Fsp3) is 0.625. The number of likely N-dealkylation sites (tertiary alicyclic amines) is 1. The molecule has 1 saturated heterocycles. The molecule has 0 amide bonds. The summed E-state index contributed by atoms with van der Waals surface area (Å²) < 4.78 is 53.2. The maximum Gasteiger partial charge on any atom is 0.240 e. The third kappa shape index (κ3) is 4.96. The molecule has 1 atom stereocenters. The molecule has 1 unspecified atom stereocenters. The number of nitrogens with one attached hydrogen (secondary N) is 1. The van der Waals surface area contributed by atoms with Crippen molar-refractivity contribution >= 4 is 10.0 Å². The van der Waals surface area contributed by atoms with Gasteiger partial charge in [-0.25, -0.2) is 21.9 Å². The van der Waals surface area contributed by atoms with E-state index in [0.29, 0.717) is 12.6 Å². The van der Waals surface area contributed by atoms with Crippen LogP contribution in [-0.2, 0) is 10.0 Å². The summed E-state index contributed by atoms with van der Waals surface area (Å²) in [5.41, 5.74) is 0. The average Bonchev–Trinajstić information content (AvgIpc) is 2.54. The van der Waals surface area contributed by atoms with Gasteiger partial charge in [-0.3, -0.25) is 4.90 Å². The smallest absolute Gasteiger partial charge is 0.240 e. The van der Waals surface area contributed by atoms with Crippen LogP contribution >= 0.6 is 0 Å². The van der Waals surface area contributed by atoms with Gasteiger partial charge in [0.15, 0.2) is 11.6 Å². The van der Waals surface area contributed by atoms with Crippen LogP contribution in [0.5, 0.6) is 0 Å². The van der Waals surface area contributed by atoms with Gasteiger partial charge in [0.25, 0.3) is 0 Å². The van der Waals surface area contributed by atoms with E-state index in [1.54, 1.807) is 0 Å². The van der Waals surface area contributed by atoms with Gasteiger partial charge in [-0.1, -0.05) is 19.8 Å². The van der Waals surface area contributed by atoms with Gasteiger partial charge in [0.05, 0.1) is 4.90 Å². The second kappa shape index (κ2) is 8.17. The Bertz CT molecular complexity index is 623. The minimum Gasteiger partial charge on any atom is -0.299 e. The Labute approximate surface area is 136 Å². The molecule has 1 heterocycles. The minimum atomic E-state index is -3.83. The van der Waals surface area contributed by atoms with Crippen molar-refractivity contribution in [3.63, 3.8) is 0 Å². The van der Waals surface area contributed by atoms with Gasteiger partial charge in [-0.05, 0) is 50.6 Å². The molecule has 7 heteroatoms. The van der Waals surface area contributed by atoms with E-state index in [4.69, 9.17) is 0 Å². The van der Waals surface area contributed by atoms with E-state index in [1.807, 2.05) is 0 Å². The van der Waals surface area contributed by atoms with Crippen molar-refractivity contribution in [2.45, 2.75) is 50.0 Å². The molecule has 0 aromatic heterocycles. The summed E-state index contributed by atoms with van der Waals surface area (Å²) in [7, 11) is -3.83. The van der Waals surface area contributed by atoms with Crippen molar-refractivity contribution in [3.05, 3.63) is 29.8 Å². The molecule has 0 radical (unpaired) electrons. The van der Waals surface area contributed by atoms with Crippen LogP contribution in [0.3, 0.4) is 0 Å². The van der Waals surface area contributed by atoms with Gasteiger partial charge in [0.1, 0.15) is 0 Å². The van der Waals surface area contributed by atoms with Gasteiger partial charge in [0.2, 0.25) is 10.0 Å². The summed E-state index contributed by atoms with van der Waals surface area (Å²) in [6.07, 6.45) is 5.36. The maximum atomic E-state index is 13.2. The Balaban J connectivity index is 2.00. The molecular weight excluding hydrogens is 322 g/mol. The number of rotatable bonds is 7. The molecule has 0 aliphatic carbocycles. The molecule has 0 saturated carbocycles. The number of benzene rings is 1. The Morgan fingerprint density at radius 2 is 2.04 bits per heavy atom. The zero-order valence-corrected chi connectivity index (χ0v) is 14.2. The predicted molar refractivity (Wildman–Crippen MR) is 85.7 cm³/mol. The number of hydrogen-bond donors (Lipinski definition) is 1. The molecule has 1 aliphatic rings. The molecule has 23 heavy (non-hydrogen) atoms. The number of nitrogens with zero attached hydrogens (tertiary/aromatic N) is 1. The van der Waals surface area contributed by atoms with Crippen LogP contribution in [0, 0.1) is 11.6 Å². The summed E-state index contributed by atoms with van der Waals surface area (Å²) >= 11 is 0. The average molecular weight is 346 g/mol. The van der Waals surface area contributed by atoms with Gasteiger partial charge >= 0.3 is 0 Å². The normalized spacial score (nSPS) is 19.9. The third-order valence-corrected chi connectivity index (χ3v) is 5.68. The lowest BCUT2D eigenvalue weighted by molar-refractivity contribution is 0.148. The van der Waals surface area contributed by atoms with Crippen molar-refractivity contribution in [1.82, 2.24) is 9.62 Å². The van der Waals surface area contributed by atoms with E-state index in [0.717, 1.165) is 57.3 Å². The molecule has 4 nitrogen and oxygen atoms in total. The van der Waals surface area contributed by atoms with Crippen molar-refractivity contribution in [1.29, 1.82) is 0 Å². The topological polar surface area (TPSA) is 49.4 Å². The van der Waals surface area contributed by atoms with Crippen LogP contribution in [0.25, 0.3) is 0 Å². The molecular formula is C16H24F2N2O2S. The Kier molecular flexibility index (Phi) is 6.50. The predicted octanol–water partition coefficient (Wildman–Crippen LogP) is 2.90. The van der Waals surface area contributed by atoms with Crippen molar-refractivity contribution in [3.8, 4) is 0 Å². The summed E-state index contributed by atoms with van der Waals surface area (Å²) in [6.45, 7) is 4.38. The van der Waals surface area contributed by atoms with Crippen LogP contribution < -0.4 is 4.72 Å². The molecule has 1 N–H and O–H groups in total. The van der Waals surface area contributed by atoms with E-state index < -0.39 is 21.7 Å². The number of unbranched alkanes of at least 4 members (excludes halogenated alkanes) is 1. The lowest BCUT2D eigenvalue weighted by Crippen LogP contribution is -2.46. The Hall–Kier alpha value is -1.05. The molecule has 0 bridgehead atoms. The number of halogens is 2. The largest absolute Gasteiger partial charge is 0.299 e. The lowest BCUT2D eigenvalue weighted by Gasteiger charge is -2.35. The molecule has 0 spiro atoms. The summed E-state index contributed by atoms with van der Waals surface area (Å²) in [4.78, 5) is 2.08. The first-order valence-electron chi connectivity index (χ1n) is 8.13. The van der Waals surface area contributed by atoms with E-state index in [-0.39, 0.29) is 10.9 Å². The third-order valence-electron chi connectivity index (χ3n) is 4.26. The first-order chi connectivity index (χ1) is 10.9. The SMILES string of the molecule is CCCCN1CCCCC1CNS(=O)(=O)c1ccc(F)c(F)c1. The number of piperidine rings is 1. The zero-order valence-electron chi connectivity index (χ0n) is 13.4. The van der Waals surface area contributed by atoms with Crippen LogP contribution in [0.1, 0.15) is 39.0 Å². The summed E-state index contributed by atoms with van der Waals surface area (Å²) in [5, 5.41) is 0. The van der Waals surface area contributed by atoms with Crippen molar-refractivity contribution in [2.75, 3.05) is 19.6 Å². The van der Waals surface area contributed by atoms with Crippen LogP contribution in [0.2, 0.25) is 0 Å². The molecule has 1 fully saturated rings. The zero-order chi connectivity index (χ0) is 16.9. The van der Waals surface area contributed by atoms with Crippen molar-refractivity contribution < 1.29 is 17.2 Å². The van der Waals surface area contributed by atoms with E-state index >= 15 is 0 Å². The molecule has 2 rings (SSSR count). The molecule has 130 valence electrons. The van der Waals surface area contributed by atoms with Crippen molar-refractivity contribution in [2.24, 2.45) is 0 Å². The fourth-order valence-electron chi connectivity index (χ4n) is 2.88. The van der Waals surface area contributed by atoms with E-state index in [2.05, 4.69) is 16.5 Å².